The summed E-state index contributed by atoms with van der Waals surface area (Å²) in [6.45, 7) is 1.07. The highest BCUT2D eigenvalue weighted by atomic mass is 79.9. The third-order valence-electron chi connectivity index (χ3n) is 4.04. The number of hydrogen-bond donors (Lipinski definition) is 2. The fraction of sp³-hybridized carbons (Fsp3) is 0.412. The fourth-order valence-electron chi connectivity index (χ4n) is 2.86. The molecule has 0 radical (unpaired) electrons. The number of β-amino-alcohol motifs (C(OH)–C–C–N with tert-alkyl or cyclic N) is 1. The Bertz CT molecular complexity index is 745. The number of esters is 1. The number of amides is 1. The molecule has 0 bridgehead atoms. The van der Waals surface area contributed by atoms with E-state index in [1.165, 1.54) is 12.0 Å². The van der Waals surface area contributed by atoms with E-state index >= 15 is 0 Å². The summed E-state index contributed by atoms with van der Waals surface area (Å²) in [6, 6.07) is 5.44. The number of aliphatic hydroxyl groups excluding tert-OH is 1. The lowest BCUT2D eigenvalue weighted by Crippen LogP contribution is -2.31. The third kappa shape index (κ3) is 3.90. The zero-order chi connectivity index (χ0) is 18.7. The zero-order valence-electron chi connectivity index (χ0n) is 14.2. The molecule has 2 N–H and O–H groups in total. The van der Waals surface area contributed by atoms with Crippen molar-refractivity contribution in [3.63, 3.8) is 0 Å². The molecule has 1 amide bonds. The Morgan fingerprint density at radius 2 is 2.12 bits per heavy atom. The molecule has 0 aromatic heterocycles. The van der Waals surface area contributed by atoms with Gasteiger partial charge in [0.1, 0.15) is 5.70 Å². The first-order valence-electron chi connectivity index (χ1n) is 8.05. The number of benzene rings is 1. The van der Waals surface area contributed by atoms with Gasteiger partial charge in [-0.15, -0.1) is 0 Å². The molecule has 26 heavy (non-hydrogen) atoms. The Balaban J connectivity index is 1.89. The molecule has 0 spiro atoms. The number of methoxy groups -OCH3 is 1. The van der Waals surface area contributed by atoms with Crippen LogP contribution in [0.15, 0.2) is 33.9 Å². The summed E-state index contributed by atoms with van der Waals surface area (Å²) in [5.41, 5.74) is 1.75. The lowest BCUT2D eigenvalue weighted by molar-refractivity contribution is -0.136. The standard InChI is InChI=1S/C17H19BrN2O6/c1-24-16(23)13-9-20(2-3-21)15(22)14(13)19-12-7-10(6-11(18)8-12)17-25-4-5-26-17/h6-8,17,19,21H,2-5,9H2,1H3. The molecule has 1 aromatic rings. The number of carbonyl (C=O) groups excluding carboxylic acids is 2. The van der Waals surface area contributed by atoms with Crippen molar-refractivity contribution < 1.29 is 28.9 Å². The summed E-state index contributed by atoms with van der Waals surface area (Å²) in [7, 11) is 1.26. The molecule has 3 rings (SSSR count). The Kier molecular flexibility index (Phi) is 5.92. The first-order chi connectivity index (χ1) is 12.5. The summed E-state index contributed by atoms with van der Waals surface area (Å²) in [4.78, 5) is 26.0. The summed E-state index contributed by atoms with van der Waals surface area (Å²) >= 11 is 3.43. The van der Waals surface area contributed by atoms with Gasteiger partial charge >= 0.3 is 5.97 Å². The number of carbonyl (C=O) groups is 2. The van der Waals surface area contributed by atoms with Crippen LogP contribution in [-0.2, 0) is 23.8 Å². The van der Waals surface area contributed by atoms with Crippen molar-refractivity contribution in [2.45, 2.75) is 6.29 Å². The fourth-order valence-corrected chi connectivity index (χ4v) is 3.38. The van der Waals surface area contributed by atoms with E-state index in [9.17, 15) is 9.59 Å². The number of nitrogens with zero attached hydrogens (tertiary/aromatic N) is 1. The highest BCUT2D eigenvalue weighted by molar-refractivity contribution is 9.10. The predicted octanol–water partition coefficient (Wildman–Crippen LogP) is 1.17. The van der Waals surface area contributed by atoms with E-state index in [0.29, 0.717) is 18.9 Å². The van der Waals surface area contributed by atoms with Crippen molar-refractivity contribution in [1.29, 1.82) is 0 Å². The molecule has 0 aliphatic carbocycles. The van der Waals surface area contributed by atoms with Gasteiger partial charge in [-0.3, -0.25) is 4.79 Å². The van der Waals surface area contributed by atoms with Crippen LogP contribution in [-0.4, -0.2) is 61.9 Å². The van der Waals surface area contributed by atoms with E-state index < -0.39 is 12.3 Å². The molecule has 2 aliphatic rings. The Hall–Kier alpha value is -1.94. The lowest BCUT2D eigenvalue weighted by atomic mass is 10.1. The van der Waals surface area contributed by atoms with Crippen LogP contribution in [0.1, 0.15) is 11.9 Å². The van der Waals surface area contributed by atoms with Crippen LogP contribution in [0.25, 0.3) is 0 Å². The van der Waals surface area contributed by atoms with Gasteiger partial charge in [-0.1, -0.05) is 15.9 Å². The van der Waals surface area contributed by atoms with Gasteiger partial charge < -0.3 is 29.5 Å². The van der Waals surface area contributed by atoms with Crippen molar-refractivity contribution in [1.82, 2.24) is 4.90 Å². The highest BCUT2D eigenvalue weighted by Crippen LogP contribution is 2.31. The molecule has 1 fully saturated rings. The average Bonchev–Trinajstić information content (AvgIpc) is 3.25. The first kappa shape index (κ1) is 18.8. The molecule has 1 saturated heterocycles. The van der Waals surface area contributed by atoms with E-state index in [1.807, 2.05) is 6.07 Å². The average molecular weight is 427 g/mol. The number of halogens is 1. The summed E-state index contributed by atoms with van der Waals surface area (Å²) in [5.74, 6) is -0.951. The van der Waals surface area contributed by atoms with Crippen LogP contribution >= 0.6 is 15.9 Å². The molecule has 2 heterocycles. The van der Waals surface area contributed by atoms with Crippen LogP contribution in [0.3, 0.4) is 0 Å². The summed E-state index contributed by atoms with van der Waals surface area (Å²) < 4.78 is 16.6. The van der Waals surface area contributed by atoms with Crippen molar-refractivity contribution in [2.75, 3.05) is 45.3 Å². The van der Waals surface area contributed by atoms with Crippen molar-refractivity contribution in [3.05, 3.63) is 39.5 Å². The molecule has 140 valence electrons. The number of aliphatic hydroxyl groups is 1. The van der Waals surface area contributed by atoms with E-state index in [1.54, 1.807) is 12.1 Å². The maximum atomic E-state index is 12.6. The summed E-state index contributed by atoms with van der Waals surface area (Å²) in [6.07, 6.45) is -0.465. The highest BCUT2D eigenvalue weighted by Gasteiger charge is 2.34. The maximum absolute atomic E-state index is 12.6. The lowest BCUT2D eigenvalue weighted by Gasteiger charge is -2.16. The minimum Gasteiger partial charge on any atom is -0.466 e. The van der Waals surface area contributed by atoms with Gasteiger partial charge in [0.05, 0.1) is 39.0 Å². The van der Waals surface area contributed by atoms with E-state index in [2.05, 4.69) is 21.2 Å². The second-order valence-corrected chi connectivity index (χ2v) is 6.68. The van der Waals surface area contributed by atoms with E-state index in [0.717, 1.165) is 10.0 Å². The van der Waals surface area contributed by atoms with Crippen LogP contribution < -0.4 is 5.32 Å². The van der Waals surface area contributed by atoms with Gasteiger partial charge in [0.15, 0.2) is 6.29 Å². The number of anilines is 1. The molecule has 8 nitrogen and oxygen atoms in total. The minimum atomic E-state index is -0.584. The summed E-state index contributed by atoms with van der Waals surface area (Å²) in [5, 5.41) is 12.1. The van der Waals surface area contributed by atoms with Crippen LogP contribution in [0.4, 0.5) is 5.69 Å². The number of ether oxygens (including phenoxy) is 3. The van der Waals surface area contributed by atoms with Crippen LogP contribution in [0, 0.1) is 0 Å². The van der Waals surface area contributed by atoms with Crippen LogP contribution in [0.2, 0.25) is 0 Å². The second-order valence-electron chi connectivity index (χ2n) is 5.77. The van der Waals surface area contributed by atoms with Gasteiger partial charge in [-0.2, -0.15) is 0 Å². The molecule has 2 aliphatic heterocycles. The van der Waals surface area contributed by atoms with Crippen molar-refractivity contribution in [2.24, 2.45) is 0 Å². The van der Waals surface area contributed by atoms with Gasteiger partial charge in [0, 0.05) is 22.3 Å². The molecule has 0 atom stereocenters. The molecule has 0 saturated carbocycles. The molecular formula is C17H19BrN2O6. The number of rotatable bonds is 6. The Morgan fingerprint density at radius 3 is 2.77 bits per heavy atom. The largest absolute Gasteiger partial charge is 0.466 e. The van der Waals surface area contributed by atoms with Gasteiger partial charge in [-0.05, 0) is 18.2 Å². The van der Waals surface area contributed by atoms with Gasteiger partial charge in [0.2, 0.25) is 0 Å². The number of nitrogens with one attached hydrogen (secondary N) is 1. The monoisotopic (exact) mass is 426 g/mol. The van der Waals surface area contributed by atoms with Crippen molar-refractivity contribution >= 4 is 33.5 Å². The molecule has 9 heteroatoms. The van der Waals surface area contributed by atoms with E-state index in [-0.39, 0.29) is 36.9 Å². The molecule has 0 unspecified atom stereocenters. The van der Waals surface area contributed by atoms with Crippen molar-refractivity contribution in [3.8, 4) is 0 Å². The second kappa shape index (κ2) is 8.17. The zero-order valence-corrected chi connectivity index (χ0v) is 15.7. The van der Waals surface area contributed by atoms with Gasteiger partial charge in [0.25, 0.3) is 5.91 Å². The third-order valence-corrected chi connectivity index (χ3v) is 4.49. The Morgan fingerprint density at radius 1 is 1.38 bits per heavy atom. The minimum absolute atomic E-state index is 0.0874. The molecule has 1 aromatic carbocycles. The smallest absolute Gasteiger partial charge is 0.337 e. The SMILES string of the molecule is COC(=O)C1=C(Nc2cc(Br)cc(C3OCCO3)c2)C(=O)N(CCO)C1. The first-order valence-corrected chi connectivity index (χ1v) is 8.85. The van der Waals surface area contributed by atoms with E-state index in [4.69, 9.17) is 19.3 Å². The van der Waals surface area contributed by atoms with Gasteiger partial charge in [-0.25, -0.2) is 4.79 Å². The Labute approximate surface area is 158 Å². The number of hydrogen-bond acceptors (Lipinski definition) is 7. The maximum Gasteiger partial charge on any atom is 0.337 e. The quantitative estimate of drug-likeness (QED) is 0.658. The van der Waals surface area contributed by atoms with Crippen LogP contribution in [0.5, 0.6) is 0 Å². The molecular weight excluding hydrogens is 408 g/mol. The normalized spacial score (nSPS) is 18.0. The topological polar surface area (TPSA) is 97.3 Å². The predicted molar refractivity (Wildman–Crippen MR) is 95.1 cm³/mol.